The lowest BCUT2D eigenvalue weighted by molar-refractivity contribution is -0.145. The molecule has 3 aromatic rings. The molecule has 0 spiro atoms. The van der Waals surface area contributed by atoms with Gasteiger partial charge in [0.15, 0.2) is 11.2 Å². The van der Waals surface area contributed by atoms with Crippen LogP contribution in [-0.4, -0.2) is 24.7 Å². The second kappa shape index (κ2) is 7.97. The number of ether oxygens (including phenoxy) is 1. The van der Waals surface area contributed by atoms with E-state index in [1.54, 1.807) is 4.57 Å². The molecule has 0 bridgehead atoms. The summed E-state index contributed by atoms with van der Waals surface area (Å²) in [7, 11) is 2.93. The Morgan fingerprint density at radius 3 is 2.71 bits per heavy atom. The molecular formula is C18H18ClFN4O4. The summed E-state index contributed by atoms with van der Waals surface area (Å²) in [6, 6.07) is 4.23. The first-order valence-corrected chi connectivity index (χ1v) is 8.88. The lowest BCUT2D eigenvalue weighted by Gasteiger charge is -2.08. The maximum absolute atomic E-state index is 13.7. The number of esters is 1. The molecule has 0 fully saturated rings. The molecule has 0 aliphatic heterocycles. The molecular weight excluding hydrogens is 391 g/mol. The van der Waals surface area contributed by atoms with Crippen LogP contribution in [0.4, 0.5) is 4.39 Å². The van der Waals surface area contributed by atoms with Crippen molar-refractivity contribution in [1.82, 2.24) is 18.7 Å². The molecule has 2 aromatic heterocycles. The minimum absolute atomic E-state index is 0.0673. The monoisotopic (exact) mass is 408 g/mol. The highest BCUT2D eigenvalue weighted by Gasteiger charge is 2.15. The molecule has 0 unspecified atom stereocenters. The number of carbonyl (C=O) groups is 1. The Morgan fingerprint density at radius 1 is 1.25 bits per heavy atom. The fraction of sp³-hybridized carbons (Fsp3) is 0.333. The average Bonchev–Trinajstić information content (AvgIpc) is 3.08. The summed E-state index contributed by atoms with van der Waals surface area (Å²) < 4.78 is 22.6. The standard InChI is InChI=1S/C18H18ClFN4O4/c1-22-16-15(17(26)23(2)18(22)27)24(10-21-16)8-4-7-14(25)28-9-11-12(19)5-3-6-13(11)20/h3,5-6,10H,4,7-9H2,1-2H3. The van der Waals surface area contributed by atoms with Gasteiger partial charge in [0, 0.05) is 32.6 Å². The van der Waals surface area contributed by atoms with Crippen LogP contribution in [0.25, 0.3) is 11.2 Å². The van der Waals surface area contributed by atoms with Crippen LogP contribution in [0.2, 0.25) is 5.02 Å². The first-order valence-electron chi connectivity index (χ1n) is 8.50. The predicted molar refractivity (Wildman–Crippen MR) is 101 cm³/mol. The van der Waals surface area contributed by atoms with Gasteiger partial charge in [-0.15, -0.1) is 0 Å². The topological polar surface area (TPSA) is 88.1 Å². The number of benzene rings is 1. The SMILES string of the molecule is Cn1c(=O)c2c(ncn2CCCC(=O)OCc2c(F)cccc2Cl)n(C)c1=O. The van der Waals surface area contributed by atoms with Gasteiger partial charge in [-0.25, -0.2) is 14.2 Å². The highest BCUT2D eigenvalue weighted by molar-refractivity contribution is 6.31. The molecule has 8 nitrogen and oxygen atoms in total. The Morgan fingerprint density at radius 2 is 2.00 bits per heavy atom. The number of fused-ring (bicyclic) bond motifs is 1. The second-order valence-electron chi connectivity index (χ2n) is 6.28. The van der Waals surface area contributed by atoms with E-state index in [1.165, 1.54) is 43.2 Å². The van der Waals surface area contributed by atoms with E-state index in [9.17, 15) is 18.8 Å². The van der Waals surface area contributed by atoms with E-state index >= 15 is 0 Å². The fourth-order valence-electron chi connectivity index (χ4n) is 2.86. The van der Waals surface area contributed by atoms with Crippen molar-refractivity contribution in [1.29, 1.82) is 0 Å². The van der Waals surface area contributed by atoms with Gasteiger partial charge in [-0.3, -0.25) is 18.7 Å². The number of hydrogen-bond donors (Lipinski definition) is 0. The van der Waals surface area contributed by atoms with Crippen molar-refractivity contribution < 1.29 is 13.9 Å². The number of halogens is 2. The number of aromatic nitrogens is 4. The average molecular weight is 409 g/mol. The highest BCUT2D eigenvalue weighted by Crippen LogP contribution is 2.20. The zero-order chi connectivity index (χ0) is 20.4. The Balaban J connectivity index is 1.63. The molecule has 148 valence electrons. The summed E-state index contributed by atoms with van der Waals surface area (Å²) in [5.74, 6) is -1.05. The van der Waals surface area contributed by atoms with Crippen molar-refractivity contribution >= 4 is 28.7 Å². The number of hydrogen-bond acceptors (Lipinski definition) is 5. The molecule has 0 aliphatic carbocycles. The van der Waals surface area contributed by atoms with E-state index in [0.29, 0.717) is 13.0 Å². The number of imidazole rings is 1. The van der Waals surface area contributed by atoms with Crippen molar-refractivity contribution in [2.45, 2.75) is 26.0 Å². The van der Waals surface area contributed by atoms with E-state index in [2.05, 4.69) is 4.98 Å². The van der Waals surface area contributed by atoms with Gasteiger partial charge in [0.05, 0.1) is 11.3 Å². The number of rotatable bonds is 6. The van der Waals surface area contributed by atoms with Gasteiger partial charge < -0.3 is 9.30 Å². The molecule has 0 saturated heterocycles. The van der Waals surface area contributed by atoms with Gasteiger partial charge in [0.25, 0.3) is 5.56 Å². The smallest absolute Gasteiger partial charge is 0.332 e. The van der Waals surface area contributed by atoms with Crippen molar-refractivity contribution in [3.8, 4) is 0 Å². The molecule has 1 aromatic carbocycles. The third-order valence-electron chi connectivity index (χ3n) is 4.44. The minimum atomic E-state index is -0.536. The zero-order valence-corrected chi connectivity index (χ0v) is 16.1. The highest BCUT2D eigenvalue weighted by atomic mass is 35.5. The van der Waals surface area contributed by atoms with Gasteiger partial charge in [0.1, 0.15) is 12.4 Å². The van der Waals surface area contributed by atoms with E-state index in [0.717, 1.165) is 4.57 Å². The number of carbonyl (C=O) groups excluding carboxylic acids is 1. The lowest BCUT2D eigenvalue weighted by atomic mass is 10.2. The van der Waals surface area contributed by atoms with Crippen LogP contribution < -0.4 is 11.2 Å². The lowest BCUT2D eigenvalue weighted by Crippen LogP contribution is -2.37. The molecule has 0 saturated carbocycles. The predicted octanol–water partition coefficient (Wildman–Crippen LogP) is 1.75. The molecule has 10 heteroatoms. The second-order valence-corrected chi connectivity index (χ2v) is 6.69. The normalized spacial score (nSPS) is 11.1. The van der Waals surface area contributed by atoms with Crippen molar-refractivity contribution in [2.24, 2.45) is 14.1 Å². The van der Waals surface area contributed by atoms with Gasteiger partial charge in [-0.1, -0.05) is 17.7 Å². The number of aryl methyl sites for hydroxylation is 2. The summed E-state index contributed by atoms with van der Waals surface area (Å²) >= 11 is 5.89. The Kier molecular flexibility index (Phi) is 5.64. The third kappa shape index (κ3) is 3.70. The zero-order valence-electron chi connectivity index (χ0n) is 15.3. The third-order valence-corrected chi connectivity index (χ3v) is 4.79. The summed E-state index contributed by atoms with van der Waals surface area (Å²) in [6.45, 7) is 0.0838. The van der Waals surface area contributed by atoms with Crippen LogP contribution >= 0.6 is 11.6 Å². The summed E-state index contributed by atoms with van der Waals surface area (Å²) in [6.07, 6.45) is 1.90. The Hall–Kier alpha value is -2.94. The van der Waals surface area contributed by atoms with Gasteiger partial charge in [-0.05, 0) is 18.6 Å². The van der Waals surface area contributed by atoms with Crippen LogP contribution in [0, 0.1) is 5.82 Å². The molecule has 2 heterocycles. The summed E-state index contributed by atoms with van der Waals surface area (Å²) in [4.78, 5) is 40.3. The maximum atomic E-state index is 13.7. The molecule has 0 amide bonds. The largest absolute Gasteiger partial charge is 0.461 e. The first kappa shape index (κ1) is 19.8. The van der Waals surface area contributed by atoms with Crippen LogP contribution in [-0.2, 0) is 36.8 Å². The summed E-state index contributed by atoms with van der Waals surface area (Å²) in [5, 5.41) is 0.194. The van der Waals surface area contributed by atoms with E-state index in [1.807, 2.05) is 0 Å². The Labute approximate surface area is 163 Å². The van der Waals surface area contributed by atoms with Gasteiger partial charge in [-0.2, -0.15) is 0 Å². The molecule has 28 heavy (non-hydrogen) atoms. The van der Waals surface area contributed by atoms with Crippen molar-refractivity contribution in [2.75, 3.05) is 0 Å². The van der Waals surface area contributed by atoms with Crippen LogP contribution in [0.5, 0.6) is 0 Å². The van der Waals surface area contributed by atoms with E-state index in [4.69, 9.17) is 16.3 Å². The van der Waals surface area contributed by atoms with Gasteiger partial charge >= 0.3 is 11.7 Å². The fourth-order valence-corrected chi connectivity index (χ4v) is 3.07. The van der Waals surface area contributed by atoms with E-state index in [-0.39, 0.29) is 34.8 Å². The summed E-state index contributed by atoms with van der Waals surface area (Å²) in [5.41, 5.74) is -0.214. The van der Waals surface area contributed by atoms with Crippen LogP contribution in [0.3, 0.4) is 0 Å². The molecule has 0 radical (unpaired) electrons. The number of nitrogens with zero attached hydrogens (tertiary/aromatic N) is 4. The Bertz CT molecular complexity index is 1140. The van der Waals surface area contributed by atoms with Crippen molar-refractivity contribution in [3.05, 3.63) is 61.8 Å². The van der Waals surface area contributed by atoms with Crippen LogP contribution in [0.1, 0.15) is 18.4 Å². The van der Waals surface area contributed by atoms with Gasteiger partial charge in [0.2, 0.25) is 0 Å². The quantitative estimate of drug-likeness (QED) is 0.580. The first-order chi connectivity index (χ1) is 13.3. The van der Waals surface area contributed by atoms with E-state index < -0.39 is 23.0 Å². The molecule has 0 aliphatic rings. The van der Waals surface area contributed by atoms with Crippen molar-refractivity contribution in [3.63, 3.8) is 0 Å². The minimum Gasteiger partial charge on any atom is -0.461 e. The molecule has 0 atom stereocenters. The molecule has 3 rings (SSSR count). The molecule has 0 N–H and O–H groups in total. The maximum Gasteiger partial charge on any atom is 0.332 e. The van der Waals surface area contributed by atoms with Crippen LogP contribution in [0.15, 0.2) is 34.1 Å².